The fourth-order valence-electron chi connectivity index (χ4n) is 3.25. The van der Waals surface area contributed by atoms with Gasteiger partial charge < -0.3 is 0 Å². The van der Waals surface area contributed by atoms with Crippen molar-refractivity contribution in [3.63, 3.8) is 0 Å². The molecular formula is C15H16ClF3O3S. The SMILES string of the molecule is CCc1cc(C2([SH](=O)=O)CCCC2)c(C(F)(F)F)cc1C(=O)Cl. The van der Waals surface area contributed by atoms with Crippen LogP contribution in [0.25, 0.3) is 0 Å². The molecule has 0 saturated heterocycles. The Morgan fingerprint density at radius 3 is 2.22 bits per heavy atom. The lowest BCUT2D eigenvalue weighted by molar-refractivity contribution is -0.138. The van der Waals surface area contributed by atoms with Gasteiger partial charge in [0.2, 0.25) is 0 Å². The van der Waals surface area contributed by atoms with Crippen molar-refractivity contribution in [2.24, 2.45) is 0 Å². The fraction of sp³-hybridized carbons (Fsp3) is 0.533. The predicted molar refractivity (Wildman–Crippen MR) is 81.5 cm³/mol. The highest BCUT2D eigenvalue weighted by atomic mass is 35.5. The molecule has 0 N–H and O–H groups in total. The van der Waals surface area contributed by atoms with Crippen molar-refractivity contribution < 1.29 is 26.4 Å². The second-order valence-corrected chi connectivity index (χ2v) is 7.39. The Labute approximate surface area is 138 Å². The van der Waals surface area contributed by atoms with Gasteiger partial charge in [0.15, 0.2) is 0 Å². The highest BCUT2D eigenvalue weighted by Gasteiger charge is 2.46. The molecule has 0 heterocycles. The van der Waals surface area contributed by atoms with Crippen molar-refractivity contribution in [3.05, 3.63) is 34.4 Å². The monoisotopic (exact) mass is 368 g/mol. The van der Waals surface area contributed by atoms with Crippen LogP contribution in [-0.4, -0.2) is 13.7 Å². The van der Waals surface area contributed by atoms with Crippen molar-refractivity contribution in [1.82, 2.24) is 0 Å². The number of carbonyl (C=O) groups is 1. The first-order valence-electron chi connectivity index (χ1n) is 7.22. The van der Waals surface area contributed by atoms with Crippen LogP contribution in [0.3, 0.4) is 0 Å². The lowest BCUT2D eigenvalue weighted by Crippen LogP contribution is -2.28. The first-order chi connectivity index (χ1) is 10.6. The Hall–Kier alpha value is -1.08. The van der Waals surface area contributed by atoms with E-state index >= 15 is 0 Å². The summed E-state index contributed by atoms with van der Waals surface area (Å²) in [5.41, 5.74) is -1.23. The van der Waals surface area contributed by atoms with Crippen molar-refractivity contribution >= 4 is 27.5 Å². The summed E-state index contributed by atoms with van der Waals surface area (Å²) in [5, 5.41) is -0.981. The van der Waals surface area contributed by atoms with Crippen molar-refractivity contribution in [2.45, 2.75) is 50.0 Å². The number of halogens is 4. The molecule has 0 aromatic heterocycles. The van der Waals surface area contributed by atoms with E-state index < -0.39 is 32.4 Å². The lowest BCUT2D eigenvalue weighted by atomic mass is 9.87. The smallest absolute Gasteiger partial charge is 0.276 e. The summed E-state index contributed by atoms with van der Waals surface area (Å²) in [6.07, 6.45) is -3.05. The number of hydrogen-bond acceptors (Lipinski definition) is 3. The second kappa shape index (κ2) is 6.43. The van der Waals surface area contributed by atoms with Crippen molar-refractivity contribution in [1.29, 1.82) is 0 Å². The number of rotatable bonds is 4. The molecule has 1 aliphatic rings. The van der Waals surface area contributed by atoms with Crippen LogP contribution >= 0.6 is 11.6 Å². The van der Waals surface area contributed by atoms with E-state index in [1.54, 1.807) is 6.92 Å². The first-order valence-corrected chi connectivity index (χ1v) is 8.78. The Morgan fingerprint density at radius 1 is 1.26 bits per heavy atom. The topological polar surface area (TPSA) is 51.2 Å². The maximum Gasteiger partial charge on any atom is 0.416 e. The van der Waals surface area contributed by atoms with E-state index in [2.05, 4.69) is 0 Å². The van der Waals surface area contributed by atoms with Crippen molar-refractivity contribution in [3.8, 4) is 0 Å². The Kier molecular flexibility index (Phi) is 5.11. The molecule has 1 fully saturated rings. The van der Waals surface area contributed by atoms with Crippen LogP contribution < -0.4 is 0 Å². The normalized spacial score (nSPS) is 17.7. The van der Waals surface area contributed by atoms with Crippen molar-refractivity contribution in [2.75, 3.05) is 0 Å². The van der Waals surface area contributed by atoms with Gasteiger partial charge in [-0.1, -0.05) is 25.8 Å². The van der Waals surface area contributed by atoms with Crippen LogP contribution in [0.2, 0.25) is 0 Å². The van der Waals surface area contributed by atoms with Gasteiger partial charge in [-0.3, -0.25) is 4.79 Å². The summed E-state index contributed by atoms with van der Waals surface area (Å²) < 4.78 is 62.5. The molecule has 1 aromatic rings. The number of carbonyl (C=O) groups excluding carboxylic acids is 1. The Balaban J connectivity index is 2.83. The van der Waals surface area contributed by atoms with Gasteiger partial charge in [-0.25, -0.2) is 8.42 Å². The summed E-state index contributed by atoms with van der Waals surface area (Å²) in [4.78, 5) is 11.4. The van der Waals surface area contributed by atoms with E-state index in [1.807, 2.05) is 0 Å². The molecule has 0 radical (unpaired) electrons. The molecule has 128 valence electrons. The molecule has 0 atom stereocenters. The molecule has 0 unspecified atom stereocenters. The summed E-state index contributed by atoms with van der Waals surface area (Å²) in [5.74, 6) is 0. The van der Waals surface area contributed by atoms with Crippen LogP contribution in [0.1, 0.15) is 59.7 Å². The molecule has 0 aliphatic heterocycles. The van der Waals surface area contributed by atoms with Crippen LogP contribution in [0.4, 0.5) is 13.2 Å². The average Bonchev–Trinajstić information content (AvgIpc) is 2.95. The van der Waals surface area contributed by atoms with E-state index in [1.165, 1.54) is 6.07 Å². The number of benzene rings is 1. The lowest BCUT2D eigenvalue weighted by Gasteiger charge is -2.27. The van der Waals surface area contributed by atoms with Gasteiger partial charge in [-0.05, 0) is 48.1 Å². The summed E-state index contributed by atoms with van der Waals surface area (Å²) >= 11 is 5.39. The summed E-state index contributed by atoms with van der Waals surface area (Å²) in [6, 6.07) is 1.90. The molecule has 3 nitrogen and oxygen atoms in total. The van der Waals surface area contributed by atoms with E-state index in [-0.39, 0.29) is 30.4 Å². The maximum atomic E-state index is 13.5. The van der Waals surface area contributed by atoms with Crippen LogP contribution in [-0.2, 0) is 28.0 Å². The van der Waals surface area contributed by atoms with Gasteiger partial charge in [-0.2, -0.15) is 13.2 Å². The Morgan fingerprint density at radius 2 is 1.83 bits per heavy atom. The predicted octanol–water partition coefficient (Wildman–Crippen LogP) is 4.03. The highest BCUT2D eigenvalue weighted by molar-refractivity contribution is 7.73. The molecule has 1 aromatic carbocycles. The molecule has 0 bridgehead atoms. The number of alkyl halides is 3. The van der Waals surface area contributed by atoms with Crippen LogP contribution in [0.15, 0.2) is 12.1 Å². The molecule has 23 heavy (non-hydrogen) atoms. The fourth-order valence-corrected chi connectivity index (χ4v) is 4.49. The first kappa shape index (κ1) is 18.3. The molecular weight excluding hydrogens is 353 g/mol. The second-order valence-electron chi connectivity index (χ2n) is 5.68. The minimum Gasteiger partial charge on any atom is -0.276 e. The Bertz CT molecular complexity index is 697. The maximum absolute atomic E-state index is 13.5. The van der Waals surface area contributed by atoms with E-state index in [9.17, 15) is 26.4 Å². The number of hydrogen-bond donors (Lipinski definition) is 1. The van der Waals surface area contributed by atoms with Gasteiger partial charge in [0.05, 0.1) is 10.3 Å². The zero-order valence-corrected chi connectivity index (χ0v) is 14.0. The van der Waals surface area contributed by atoms with Crippen LogP contribution in [0, 0.1) is 0 Å². The molecule has 1 saturated carbocycles. The quantitative estimate of drug-likeness (QED) is 0.645. The highest BCUT2D eigenvalue weighted by Crippen LogP contribution is 2.47. The van der Waals surface area contributed by atoms with Gasteiger partial charge in [-0.15, -0.1) is 0 Å². The molecule has 0 amide bonds. The zero-order chi connectivity index (χ0) is 17.4. The van der Waals surface area contributed by atoms with E-state index in [0.29, 0.717) is 24.5 Å². The third-order valence-electron chi connectivity index (χ3n) is 4.42. The van der Waals surface area contributed by atoms with Gasteiger partial charge in [0.25, 0.3) is 5.24 Å². The molecule has 0 spiro atoms. The van der Waals surface area contributed by atoms with E-state index in [4.69, 9.17) is 11.6 Å². The average molecular weight is 369 g/mol. The molecule has 1 aliphatic carbocycles. The summed E-state index contributed by atoms with van der Waals surface area (Å²) in [6.45, 7) is 1.67. The number of thiol groups is 1. The third kappa shape index (κ3) is 3.26. The standard InChI is InChI=1S/C15H16ClF3O3S/c1-2-9-7-11(14(23(21)22)5-3-4-6-14)12(15(17,18)19)8-10(9)13(16)20/h7-8,23H,2-6H2,1H3. The van der Waals surface area contributed by atoms with Gasteiger partial charge in [0, 0.05) is 5.56 Å². The van der Waals surface area contributed by atoms with Gasteiger partial charge in [0.1, 0.15) is 10.7 Å². The van der Waals surface area contributed by atoms with Gasteiger partial charge >= 0.3 is 6.18 Å². The minimum absolute atomic E-state index is 0.159. The molecule has 8 heteroatoms. The van der Waals surface area contributed by atoms with Crippen LogP contribution in [0.5, 0.6) is 0 Å². The summed E-state index contributed by atoms with van der Waals surface area (Å²) in [7, 11) is -3.09. The van der Waals surface area contributed by atoms with E-state index in [0.717, 1.165) is 0 Å². The number of aryl methyl sites for hydroxylation is 1. The molecule has 2 rings (SSSR count). The third-order valence-corrected chi connectivity index (χ3v) is 6.01. The largest absolute Gasteiger partial charge is 0.416 e. The zero-order valence-electron chi connectivity index (χ0n) is 12.4. The minimum atomic E-state index is -4.76.